The number of carbonyl (C=O) groups excluding carboxylic acids is 1. The standard InChI is InChI=1S/C21H17N4O2/c22-20(26)17-4-2-1-3-13(17)5-7-16-11-15(9-10-24-16)14-6-8-18-19(12-14)25-27-21(18)23/h1-4,6-12H,5,23H2,(H2,22,26). The molecule has 0 atom stereocenters. The largest absolute Gasteiger partial charge is 0.367 e. The number of fused-ring (bicyclic) bond motifs is 1. The van der Waals surface area contributed by atoms with Gasteiger partial charge in [-0.1, -0.05) is 29.4 Å². The van der Waals surface area contributed by atoms with E-state index in [2.05, 4.69) is 10.1 Å². The van der Waals surface area contributed by atoms with Crippen molar-refractivity contribution in [3.05, 3.63) is 84.0 Å². The molecule has 133 valence electrons. The smallest absolute Gasteiger partial charge is 0.248 e. The summed E-state index contributed by atoms with van der Waals surface area (Å²) in [6.45, 7) is 0. The Hall–Kier alpha value is -3.67. The van der Waals surface area contributed by atoms with Crippen molar-refractivity contribution in [2.24, 2.45) is 5.73 Å². The predicted molar refractivity (Wildman–Crippen MR) is 104 cm³/mol. The van der Waals surface area contributed by atoms with E-state index in [9.17, 15) is 4.79 Å². The zero-order chi connectivity index (χ0) is 18.8. The van der Waals surface area contributed by atoms with Crippen molar-refractivity contribution in [3.63, 3.8) is 0 Å². The van der Waals surface area contributed by atoms with Gasteiger partial charge in [-0.2, -0.15) is 0 Å². The van der Waals surface area contributed by atoms with Crippen LogP contribution in [0.5, 0.6) is 0 Å². The Labute approximate surface area is 155 Å². The van der Waals surface area contributed by atoms with Crippen LogP contribution in [0.4, 0.5) is 5.88 Å². The summed E-state index contributed by atoms with van der Waals surface area (Å²) in [6.07, 6.45) is 4.29. The average Bonchev–Trinajstić information content (AvgIpc) is 3.07. The maximum atomic E-state index is 11.6. The van der Waals surface area contributed by atoms with Gasteiger partial charge in [0.15, 0.2) is 0 Å². The molecule has 1 radical (unpaired) electrons. The van der Waals surface area contributed by atoms with Gasteiger partial charge in [0.05, 0.1) is 5.39 Å². The Morgan fingerprint density at radius 3 is 2.74 bits per heavy atom. The van der Waals surface area contributed by atoms with Gasteiger partial charge in [0.2, 0.25) is 11.8 Å². The normalized spacial score (nSPS) is 11.0. The lowest BCUT2D eigenvalue weighted by molar-refractivity contribution is 0.0999. The quantitative estimate of drug-likeness (QED) is 0.569. The number of primary amides is 1. The molecule has 6 nitrogen and oxygen atoms in total. The Balaban J connectivity index is 1.58. The lowest BCUT2D eigenvalue weighted by atomic mass is 9.99. The summed E-state index contributed by atoms with van der Waals surface area (Å²) in [7, 11) is 0. The van der Waals surface area contributed by atoms with Gasteiger partial charge in [0.1, 0.15) is 5.52 Å². The molecule has 4 rings (SSSR count). The molecule has 0 spiro atoms. The van der Waals surface area contributed by atoms with Gasteiger partial charge < -0.3 is 16.0 Å². The number of carbonyl (C=O) groups is 1. The van der Waals surface area contributed by atoms with Gasteiger partial charge in [-0.3, -0.25) is 9.78 Å². The molecule has 2 aromatic heterocycles. The zero-order valence-corrected chi connectivity index (χ0v) is 14.4. The van der Waals surface area contributed by atoms with E-state index in [1.807, 2.05) is 48.9 Å². The van der Waals surface area contributed by atoms with E-state index in [1.54, 1.807) is 18.3 Å². The molecule has 6 heteroatoms. The number of amides is 1. The SMILES string of the molecule is NC(=O)c1ccccc1C[CH]c1cc(-c2ccc3c(N)onc3c2)ccn1. The molecule has 2 heterocycles. The monoisotopic (exact) mass is 357 g/mol. The highest BCUT2D eigenvalue weighted by Gasteiger charge is 2.10. The predicted octanol–water partition coefficient (Wildman–Crippen LogP) is 3.37. The van der Waals surface area contributed by atoms with Gasteiger partial charge in [-0.25, -0.2) is 0 Å². The van der Waals surface area contributed by atoms with E-state index in [1.165, 1.54) is 0 Å². The highest BCUT2D eigenvalue weighted by molar-refractivity contribution is 5.94. The molecule has 0 unspecified atom stereocenters. The summed E-state index contributed by atoms with van der Waals surface area (Å²) in [6, 6.07) is 17.0. The molecule has 4 N–H and O–H groups in total. The van der Waals surface area contributed by atoms with Crippen LogP contribution in [-0.2, 0) is 6.42 Å². The van der Waals surface area contributed by atoms with Crippen LogP contribution < -0.4 is 11.5 Å². The summed E-state index contributed by atoms with van der Waals surface area (Å²) in [5, 5.41) is 4.76. The number of pyridine rings is 1. The molecular formula is C21H17N4O2. The van der Waals surface area contributed by atoms with E-state index in [0.29, 0.717) is 23.4 Å². The summed E-state index contributed by atoms with van der Waals surface area (Å²) in [5.41, 5.74) is 16.1. The number of rotatable bonds is 5. The molecular weight excluding hydrogens is 340 g/mol. The second-order valence-electron chi connectivity index (χ2n) is 6.18. The van der Waals surface area contributed by atoms with Crippen LogP contribution in [0.2, 0.25) is 0 Å². The maximum Gasteiger partial charge on any atom is 0.248 e. The van der Waals surface area contributed by atoms with Crippen molar-refractivity contribution in [3.8, 4) is 11.1 Å². The Morgan fingerprint density at radius 2 is 1.89 bits per heavy atom. The van der Waals surface area contributed by atoms with Gasteiger partial charge in [-0.15, -0.1) is 0 Å². The van der Waals surface area contributed by atoms with Gasteiger partial charge in [0, 0.05) is 23.9 Å². The lowest BCUT2D eigenvalue weighted by Crippen LogP contribution is -2.13. The summed E-state index contributed by atoms with van der Waals surface area (Å²) in [5.74, 6) is -0.116. The Bertz CT molecular complexity index is 1130. The fourth-order valence-electron chi connectivity index (χ4n) is 3.04. The molecule has 0 fully saturated rings. The van der Waals surface area contributed by atoms with E-state index < -0.39 is 5.91 Å². The molecule has 27 heavy (non-hydrogen) atoms. The molecule has 0 aliphatic heterocycles. The zero-order valence-electron chi connectivity index (χ0n) is 14.4. The minimum absolute atomic E-state index is 0.313. The molecule has 4 aromatic rings. The van der Waals surface area contributed by atoms with Gasteiger partial charge >= 0.3 is 0 Å². The molecule has 0 saturated heterocycles. The number of nitrogens with two attached hydrogens (primary N) is 2. The topological polar surface area (TPSA) is 108 Å². The molecule has 0 bridgehead atoms. The Kier molecular flexibility index (Phi) is 4.30. The van der Waals surface area contributed by atoms with E-state index in [4.69, 9.17) is 16.0 Å². The lowest BCUT2D eigenvalue weighted by Gasteiger charge is -2.07. The summed E-state index contributed by atoms with van der Waals surface area (Å²) < 4.78 is 5.02. The average molecular weight is 357 g/mol. The number of nitrogen functional groups attached to an aromatic ring is 1. The first-order chi connectivity index (χ1) is 13.1. The minimum atomic E-state index is -0.430. The third-order valence-electron chi connectivity index (χ3n) is 4.43. The number of nitrogens with zero attached hydrogens (tertiary/aromatic N) is 2. The van der Waals surface area contributed by atoms with Gasteiger partial charge in [-0.05, 0) is 53.4 Å². The van der Waals surface area contributed by atoms with E-state index in [-0.39, 0.29) is 0 Å². The fourth-order valence-corrected chi connectivity index (χ4v) is 3.04. The van der Waals surface area contributed by atoms with E-state index in [0.717, 1.165) is 27.8 Å². The Morgan fingerprint density at radius 1 is 1.07 bits per heavy atom. The first-order valence-electron chi connectivity index (χ1n) is 8.44. The van der Waals surface area contributed by atoms with Crippen molar-refractivity contribution < 1.29 is 9.32 Å². The molecule has 1 amide bonds. The highest BCUT2D eigenvalue weighted by Crippen LogP contribution is 2.27. The summed E-state index contributed by atoms with van der Waals surface area (Å²) >= 11 is 0. The van der Waals surface area contributed by atoms with Crippen LogP contribution in [0.3, 0.4) is 0 Å². The van der Waals surface area contributed by atoms with Crippen molar-refractivity contribution in [1.82, 2.24) is 10.1 Å². The minimum Gasteiger partial charge on any atom is -0.367 e. The third kappa shape index (κ3) is 3.37. The van der Waals surface area contributed by atoms with Crippen LogP contribution >= 0.6 is 0 Å². The highest BCUT2D eigenvalue weighted by atomic mass is 16.5. The van der Waals surface area contributed by atoms with Crippen LogP contribution in [0, 0.1) is 6.42 Å². The van der Waals surface area contributed by atoms with Crippen LogP contribution in [-0.4, -0.2) is 16.0 Å². The first kappa shape index (κ1) is 16.8. The molecule has 0 saturated carbocycles. The number of hydrogen-bond acceptors (Lipinski definition) is 5. The number of hydrogen-bond donors (Lipinski definition) is 2. The molecule has 0 aliphatic carbocycles. The second-order valence-corrected chi connectivity index (χ2v) is 6.18. The first-order valence-corrected chi connectivity index (χ1v) is 8.44. The third-order valence-corrected chi connectivity index (χ3v) is 4.43. The van der Waals surface area contributed by atoms with Crippen LogP contribution in [0.25, 0.3) is 22.0 Å². The van der Waals surface area contributed by atoms with E-state index >= 15 is 0 Å². The number of benzene rings is 2. The molecule has 0 aliphatic rings. The van der Waals surface area contributed by atoms with Crippen molar-refractivity contribution in [2.75, 3.05) is 5.73 Å². The van der Waals surface area contributed by atoms with Crippen molar-refractivity contribution >= 4 is 22.7 Å². The van der Waals surface area contributed by atoms with Crippen LogP contribution in [0.15, 0.2) is 65.3 Å². The maximum absolute atomic E-state index is 11.6. The number of aromatic nitrogens is 2. The second kappa shape index (κ2) is 6.92. The van der Waals surface area contributed by atoms with Crippen molar-refractivity contribution in [1.29, 1.82) is 0 Å². The summed E-state index contributed by atoms with van der Waals surface area (Å²) in [4.78, 5) is 15.9. The van der Waals surface area contributed by atoms with Crippen molar-refractivity contribution in [2.45, 2.75) is 6.42 Å². The van der Waals surface area contributed by atoms with Gasteiger partial charge in [0.25, 0.3) is 0 Å². The molecule has 2 aromatic carbocycles. The fraction of sp³-hybridized carbons (Fsp3) is 0.0476. The van der Waals surface area contributed by atoms with Crippen LogP contribution in [0.1, 0.15) is 21.6 Å². The number of anilines is 1.